The molecule has 92 valence electrons. The lowest BCUT2D eigenvalue weighted by Gasteiger charge is -2.30. The van der Waals surface area contributed by atoms with Gasteiger partial charge in [0.1, 0.15) is 7.22 Å². The summed E-state index contributed by atoms with van der Waals surface area (Å²) in [7, 11) is -0.916. The summed E-state index contributed by atoms with van der Waals surface area (Å²) in [5.74, 6) is 0. The highest BCUT2D eigenvalue weighted by Gasteiger charge is 2.29. The van der Waals surface area contributed by atoms with E-state index in [2.05, 4.69) is 38.2 Å². The topological polar surface area (TPSA) is 0 Å². The van der Waals surface area contributed by atoms with Crippen LogP contribution in [0.5, 0.6) is 0 Å². The second-order valence-electron chi connectivity index (χ2n) is 4.70. The van der Waals surface area contributed by atoms with Crippen LogP contribution in [0.2, 0.25) is 18.1 Å². The van der Waals surface area contributed by atoms with Crippen LogP contribution in [0.4, 0.5) is 0 Å². The van der Waals surface area contributed by atoms with Gasteiger partial charge in [-0.2, -0.15) is 11.2 Å². The monoisotopic (exact) mass is 246 g/mol. The zero-order valence-electron chi connectivity index (χ0n) is 11.3. The van der Waals surface area contributed by atoms with Crippen molar-refractivity contribution >= 4 is 18.4 Å². The lowest BCUT2D eigenvalue weighted by atomic mass is 10.4. The fourth-order valence-corrected chi connectivity index (χ4v) is 9.67. The molecule has 0 aromatic rings. The highest BCUT2D eigenvalue weighted by Crippen LogP contribution is 2.36. The van der Waals surface area contributed by atoms with Gasteiger partial charge in [0.15, 0.2) is 0 Å². The Balaban J connectivity index is 4.16. The molecule has 0 saturated heterocycles. The van der Waals surface area contributed by atoms with Gasteiger partial charge in [0, 0.05) is 0 Å². The first-order valence-electron chi connectivity index (χ1n) is 6.79. The van der Waals surface area contributed by atoms with Crippen LogP contribution in [0.3, 0.4) is 0 Å². The van der Waals surface area contributed by atoms with Gasteiger partial charge in [-0.05, 0) is 24.4 Å². The van der Waals surface area contributed by atoms with Gasteiger partial charge in [-0.25, -0.2) is 0 Å². The summed E-state index contributed by atoms with van der Waals surface area (Å²) >= 11 is 2.28. The fourth-order valence-electron chi connectivity index (χ4n) is 2.18. The summed E-state index contributed by atoms with van der Waals surface area (Å²) in [6.45, 7) is 7.00. The molecule has 0 atom stereocenters. The Kier molecular flexibility index (Phi) is 10.1. The molecule has 0 N–H and O–H groups in total. The minimum Gasteiger partial charge on any atom is -0.188 e. The highest BCUT2D eigenvalue weighted by molar-refractivity contribution is 8.28. The molecule has 0 heterocycles. The van der Waals surface area contributed by atoms with E-state index in [0.29, 0.717) is 0 Å². The van der Waals surface area contributed by atoms with Gasteiger partial charge < -0.3 is 0 Å². The van der Waals surface area contributed by atoms with Gasteiger partial charge in [-0.3, -0.25) is 0 Å². The maximum Gasteiger partial charge on any atom is 0.117 e. The van der Waals surface area contributed by atoms with E-state index < -0.39 is 7.22 Å². The molecule has 0 aromatic heterocycles. The summed E-state index contributed by atoms with van der Waals surface area (Å²) in [6, 6.07) is 4.72. The van der Waals surface area contributed by atoms with Crippen molar-refractivity contribution in [2.24, 2.45) is 0 Å². The largest absolute Gasteiger partial charge is 0.188 e. The molecule has 0 bridgehead atoms. The van der Waals surface area contributed by atoms with Crippen LogP contribution in [0.25, 0.3) is 0 Å². The van der Waals surface area contributed by atoms with E-state index in [1.54, 1.807) is 18.1 Å². The molecule has 0 unspecified atom stereocenters. The van der Waals surface area contributed by atoms with Gasteiger partial charge in [0.2, 0.25) is 0 Å². The van der Waals surface area contributed by atoms with E-state index in [0.717, 1.165) is 0 Å². The summed E-state index contributed by atoms with van der Waals surface area (Å²) in [5.41, 5.74) is 0. The zero-order valence-corrected chi connectivity index (χ0v) is 13.1. The van der Waals surface area contributed by atoms with Crippen LogP contribution in [-0.2, 0) is 0 Å². The summed E-state index contributed by atoms with van der Waals surface area (Å²) in [4.78, 5) is 0. The van der Waals surface area contributed by atoms with E-state index >= 15 is 0 Å². The molecule has 0 saturated carbocycles. The van der Waals surface area contributed by atoms with E-state index in [4.69, 9.17) is 0 Å². The predicted molar refractivity (Wildman–Crippen MR) is 78.4 cm³/mol. The van der Waals surface area contributed by atoms with Crippen LogP contribution >= 0.6 is 11.2 Å². The molecule has 0 aliphatic carbocycles. The van der Waals surface area contributed by atoms with Crippen LogP contribution in [0, 0.1) is 0 Å². The van der Waals surface area contributed by atoms with Gasteiger partial charge in [0.25, 0.3) is 0 Å². The summed E-state index contributed by atoms with van der Waals surface area (Å²) < 4.78 is 0. The van der Waals surface area contributed by atoms with Gasteiger partial charge in [-0.15, -0.1) is 0 Å². The van der Waals surface area contributed by atoms with Crippen LogP contribution in [0.1, 0.15) is 59.3 Å². The normalized spacial score (nSPS) is 12.0. The SMILES string of the molecule is CCCC[Si](CCCC)(CCCC)SC. The van der Waals surface area contributed by atoms with Crippen molar-refractivity contribution in [1.29, 1.82) is 0 Å². The standard InChI is InChI=1S/C13H30SSi/c1-5-8-11-15(14-4,12-9-6-2)13-10-7-3/h5-13H2,1-4H3. The molecule has 0 amide bonds. The molecule has 0 radical (unpaired) electrons. The van der Waals surface area contributed by atoms with Gasteiger partial charge in [0.05, 0.1) is 0 Å². The first kappa shape index (κ1) is 15.6. The Labute approximate surface area is 102 Å². The number of rotatable bonds is 10. The van der Waals surface area contributed by atoms with Crippen LogP contribution < -0.4 is 0 Å². The number of hydrogen-bond acceptors (Lipinski definition) is 1. The molecule has 15 heavy (non-hydrogen) atoms. The van der Waals surface area contributed by atoms with Crippen molar-refractivity contribution in [2.45, 2.75) is 77.4 Å². The Morgan fingerprint density at radius 3 is 1.27 bits per heavy atom. The van der Waals surface area contributed by atoms with Crippen molar-refractivity contribution in [3.63, 3.8) is 0 Å². The third-order valence-electron chi connectivity index (χ3n) is 3.39. The maximum atomic E-state index is 2.38. The Morgan fingerprint density at radius 1 is 0.733 bits per heavy atom. The quantitative estimate of drug-likeness (QED) is 0.446. The first-order chi connectivity index (χ1) is 7.24. The van der Waals surface area contributed by atoms with E-state index in [-0.39, 0.29) is 0 Å². The lowest BCUT2D eigenvalue weighted by molar-refractivity contribution is 0.807. The molecule has 0 aliphatic heterocycles. The van der Waals surface area contributed by atoms with Crippen molar-refractivity contribution in [3.05, 3.63) is 0 Å². The Bertz CT molecular complexity index is 115. The van der Waals surface area contributed by atoms with Crippen molar-refractivity contribution < 1.29 is 0 Å². The van der Waals surface area contributed by atoms with E-state index in [9.17, 15) is 0 Å². The second-order valence-corrected chi connectivity index (χ2v) is 12.8. The fraction of sp³-hybridized carbons (Fsp3) is 1.00. The van der Waals surface area contributed by atoms with Crippen molar-refractivity contribution in [2.75, 3.05) is 6.26 Å². The lowest BCUT2D eigenvalue weighted by Crippen LogP contribution is -2.29. The molecule has 0 fully saturated rings. The first-order valence-corrected chi connectivity index (χ1v) is 11.4. The van der Waals surface area contributed by atoms with Crippen molar-refractivity contribution in [1.82, 2.24) is 0 Å². The summed E-state index contributed by atoms with van der Waals surface area (Å²) in [5, 5.41) is 0. The smallest absolute Gasteiger partial charge is 0.117 e. The third-order valence-corrected chi connectivity index (χ3v) is 12.5. The Hall–Kier alpha value is 0.567. The maximum absolute atomic E-state index is 2.38. The number of hydrogen-bond donors (Lipinski definition) is 0. The number of unbranched alkanes of at least 4 members (excludes halogenated alkanes) is 3. The molecule has 0 aliphatic rings. The zero-order chi connectivity index (χ0) is 11.6. The van der Waals surface area contributed by atoms with Crippen LogP contribution in [-0.4, -0.2) is 13.5 Å². The highest BCUT2D eigenvalue weighted by atomic mass is 32.4. The molecular weight excluding hydrogens is 216 g/mol. The average molecular weight is 247 g/mol. The second kappa shape index (κ2) is 9.77. The predicted octanol–water partition coefficient (Wildman–Crippen LogP) is 5.70. The van der Waals surface area contributed by atoms with Gasteiger partial charge in [-0.1, -0.05) is 59.3 Å². The minimum absolute atomic E-state index is 0.916. The molecule has 0 aromatic carbocycles. The van der Waals surface area contributed by atoms with E-state index in [1.165, 1.54) is 38.5 Å². The summed E-state index contributed by atoms with van der Waals surface area (Å²) in [6.07, 6.45) is 10.9. The third kappa shape index (κ3) is 6.67. The molecule has 0 nitrogen and oxygen atoms in total. The van der Waals surface area contributed by atoms with Crippen LogP contribution in [0.15, 0.2) is 0 Å². The molecule has 0 rings (SSSR count). The Morgan fingerprint density at radius 2 is 1.07 bits per heavy atom. The molecular formula is C13H30SSi. The minimum atomic E-state index is -0.916. The van der Waals surface area contributed by atoms with E-state index in [1.807, 2.05) is 0 Å². The average Bonchev–Trinajstić information content (AvgIpc) is 2.29. The molecule has 0 spiro atoms. The molecule has 2 heteroatoms. The van der Waals surface area contributed by atoms with Gasteiger partial charge >= 0.3 is 0 Å². The van der Waals surface area contributed by atoms with Crippen molar-refractivity contribution in [3.8, 4) is 0 Å².